The van der Waals surface area contributed by atoms with Gasteiger partial charge >= 0.3 is 0 Å². The fourth-order valence-electron chi connectivity index (χ4n) is 3.12. The lowest BCUT2D eigenvalue weighted by atomic mass is 9.58. The van der Waals surface area contributed by atoms with Crippen LogP contribution in [0.1, 0.15) is 39.5 Å². The number of carbonyl (C=O) groups excluding carboxylic acids is 2. The third-order valence-corrected chi connectivity index (χ3v) is 4.62. The van der Waals surface area contributed by atoms with Crippen LogP contribution in [0.3, 0.4) is 0 Å². The van der Waals surface area contributed by atoms with E-state index in [9.17, 15) is 9.59 Å². The second-order valence-corrected chi connectivity index (χ2v) is 6.26. The van der Waals surface area contributed by atoms with Gasteiger partial charge in [-0.15, -0.1) is 0 Å². The molecule has 4 heteroatoms. The molecule has 1 saturated heterocycles. The largest absolute Gasteiger partial charge is 0.342 e. The Labute approximate surface area is 107 Å². The maximum absolute atomic E-state index is 11.8. The molecule has 0 bridgehead atoms. The molecule has 96 valence electrons. The number of carbonyl (C=O) groups is 2. The highest BCUT2D eigenvalue weighted by atomic mass is 35.5. The van der Waals surface area contributed by atoms with Crippen molar-refractivity contribution in [1.29, 1.82) is 0 Å². The van der Waals surface area contributed by atoms with Gasteiger partial charge in [0, 0.05) is 24.9 Å². The molecule has 0 aromatic carbocycles. The number of hydrogen-bond donors (Lipinski definition) is 0. The van der Waals surface area contributed by atoms with E-state index >= 15 is 0 Å². The van der Waals surface area contributed by atoms with Crippen molar-refractivity contribution in [2.45, 2.75) is 39.5 Å². The van der Waals surface area contributed by atoms with Crippen molar-refractivity contribution < 1.29 is 9.59 Å². The molecule has 2 fully saturated rings. The number of rotatable bonds is 2. The van der Waals surface area contributed by atoms with E-state index in [0.717, 1.165) is 38.8 Å². The van der Waals surface area contributed by atoms with Crippen LogP contribution in [0.15, 0.2) is 0 Å². The number of nitrogens with zero attached hydrogens (tertiary/aromatic N) is 1. The van der Waals surface area contributed by atoms with E-state index in [1.807, 2.05) is 18.7 Å². The van der Waals surface area contributed by atoms with Crippen LogP contribution in [0.4, 0.5) is 0 Å². The quantitative estimate of drug-likeness (QED) is 0.713. The number of likely N-dealkylation sites (tertiary alicyclic amines) is 1. The van der Waals surface area contributed by atoms with Gasteiger partial charge in [0.25, 0.3) is 0 Å². The van der Waals surface area contributed by atoms with Gasteiger partial charge in [-0.25, -0.2) is 0 Å². The summed E-state index contributed by atoms with van der Waals surface area (Å²) in [5, 5.41) is -0.184. The smallest absolute Gasteiger partial charge is 0.225 e. The van der Waals surface area contributed by atoms with E-state index < -0.39 is 0 Å². The SMILES string of the molecule is CC(C)C(=O)N1CCC2(CC1)CC(C(=O)Cl)C2. The van der Waals surface area contributed by atoms with Crippen LogP contribution < -0.4 is 0 Å². The predicted octanol–water partition coefficient (Wildman–Crippen LogP) is 2.43. The number of halogens is 1. The lowest BCUT2D eigenvalue weighted by Crippen LogP contribution is -2.50. The molecule has 1 heterocycles. The Morgan fingerprint density at radius 2 is 1.76 bits per heavy atom. The first-order valence-corrected chi connectivity index (χ1v) is 6.79. The molecule has 2 aliphatic rings. The lowest BCUT2D eigenvalue weighted by molar-refractivity contribution is -0.140. The molecular weight excluding hydrogens is 238 g/mol. The van der Waals surface area contributed by atoms with E-state index in [1.165, 1.54) is 0 Å². The van der Waals surface area contributed by atoms with E-state index in [0.29, 0.717) is 5.41 Å². The summed E-state index contributed by atoms with van der Waals surface area (Å²) in [6.07, 6.45) is 3.93. The van der Waals surface area contributed by atoms with Gasteiger partial charge in [-0.3, -0.25) is 9.59 Å². The maximum atomic E-state index is 11.8. The minimum atomic E-state index is -0.184. The van der Waals surface area contributed by atoms with Gasteiger partial charge in [-0.05, 0) is 42.7 Å². The van der Waals surface area contributed by atoms with Crippen LogP contribution in [0.5, 0.6) is 0 Å². The van der Waals surface area contributed by atoms with Gasteiger partial charge in [0.1, 0.15) is 0 Å². The molecule has 1 amide bonds. The lowest BCUT2D eigenvalue weighted by Gasteiger charge is -2.51. The van der Waals surface area contributed by atoms with Crippen LogP contribution in [0.2, 0.25) is 0 Å². The van der Waals surface area contributed by atoms with Crippen molar-refractivity contribution in [1.82, 2.24) is 4.90 Å². The Kier molecular flexibility index (Phi) is 3.48. The molecule has 1 saturated carbocycles. The fraction of sp³-hybridized carbons (Fsp3) is 0.846. The summed E-state index contributed by atoms with van der Waals surface area (Å²) in [5.41, 5.74) is 0.309. The van der Waals surface area contributed by atoms with Gasteiger partial charge in [-0.2, -0.15) is 0 Å². The Bertz CT molecular complexity index is 324. The Morgan fingerprint density at radius 1 is 1.24 bits per heavy atom. The highest BCUT2D eigenvalue weighted by Crippen LogP contribution is 2.53. The van der Waals surface area contributed by atoms with Crippen LogP contribution in [0, 0.1) is 17.3 Å². The van der Waals surface area contributed by atoms with Crippen LogP contribution in [-0.2, 0) is 9.59 Å². The van der Waals surface area contributed by atoms with Crippen molar-refractivity contribution in [3.05, 3.63) is 0 Å². The third-order valence-electron chi connectivity index (χ3n) is 4.31. The molecule has 0 unspecified atom stereocenters. The Morgan fingerprint density at radius 3 is 2.18 bits per heavy atom. The molecule has 17 heavy (non-hydrogen) atoms. The van der Waals surface area contributed by atoms with Gasteiger partial charge in [-0.1, -0.05) is 13.8 Å². The molecule has 1 aliphatic carbocycles. The zero-order valence-electron chi connectivity index (χ0n) is 10.5. The average Bonchev–Trinajstić information content (AvgIpc) is 2.24. The number of hydrogen-bond acceptors (Lipinski definition) is 2. The first kappa shape index (κ1) is 12.9. The van der Waals surface area contributed by atoms with Crippen molar-refractivity contribution in [3.63, 3.8) is 0 Å². The zero-order valence-corrected chi connectivity index (χ0v) is 11.3. The van der Waals surface area contributed by atoms with Crippen LogP contribution in [0.25, 0.3) is 0 Å². The molecule has 3 nitrogen and oxygen atoms in total. The third kappa shape index (κ3) is 2.49. The highest BCUT2D eigenvalue weighted by Gasteiger charge is 2.48. The standard InChI is InChI=1S/C13H20ClNO2/c1-9(2)12(17)15-5-3-13(4-6-15)7-10(8-13)11(14)16/h9-10H,3-8H2,1-2H3. The average molecular weight is 258 g/mol. The first-order chi connectivity index (χ1) is 7.93. The number of piperidine rings is 1. The molecule has 0 aromatic heterocycles. The molecule has 0 N–H and O–H groups in total. The summed E-state index contributed by atoms with van der Waals surface area (Å²) < 4.78 is 0. The summed E-state index contributed by atoms with van der Waals surface area (Å²) in [6, 6.07) is 0. The van der Waals surface area contributed by atoms with Gasteiger partial charge in [0.2, 0.25) is 11.1 Å². The maximum Gasteiger partial charge on any atom is 0.225 e. The van der Waals surface area contributed by atoms with E-state index in [1.54, 1.807) is 0 Å². The van der Waals surface area contributed by atoms with E-state index in [2.05, 4.69) is 0 Å². The molecule has 2 rings (SSSR count). The molecule has 1 aliphatic heterocycles. The minimum Gasteiger partial charge on any atom is -0.342 e. The van der Waals surface area contributed by atoms with E-state index in [-0.39, 0.29) is 23.0 Å². The molecule has 0 aromatic rings. The normalized spacial score (nSPS) is 23.9. The van der Waals surface area contributed by atoms with E-state index in [4.69, 9.17) is 11.6 Å². The van der Waals surface area contributed by atoms with Crippen molar-refractivity contribution in [2.24, 2.45) is 17.3 Å². The second-order valence-electron chi connectivity index (χ2n) is 5.89. The predicted molar refractivity (Wildman–Crippen MR) is 66.7 cm³/mol. The highest BCUT2D eigenvalue weighted by molar-refractivity contribution is 6.64. The second kappa shape index (κ2) is 4.60. The summed E-state index contributed by atoms with van der Waals surface area (Å²) in [4.78, 5) is 24.8. The summed E-state index contributed by atoms with van der Waals surface area (Å²) in [5.74, 6) is 0.413. The topological polar surface area (TPSA) is 37.4 Å². The molecular formula is C13H20ClNO2. The summed E-state index contributed by atoms with van der Waals surface area (Å²) in [6.45, 7) is 5.58. The zero-order chi connectivity index (χ0) is 12.6. The van der Waals surface area contributed by atoms with Crippen molar-refractivity contribution >= 4 is 22.8 Å². The summed E-state index contributed by atoms with van der Waals surface area (Å²) >= 11 is 5.50. The van der Waals surface area contributed by atoms with Crippen molar-refractivity contribution in [2.75, 3.05) is 13.1 Å². The monoisotopic (exact) mass is 257 g/mol. The van der Waals surface area contributed by atoms with Gasteiger partial charge in [0.05, 0.1) is 0 Å². The molecule has 0 atom stereocenters. The van der Waals surface area contributed by atoms with Gasteiger partial charge < -0.3 is 4.90 Å². The molecule has 1 spiro atoms. The van der Waals surface area contributed by atoms with Crippen molar-refractivity contribution in [3.8, 4) is 0 Å². The Hall–Kier alpha value is -0.570. The van der Waals surface area contributed by atoms with Gasteiger partial charge in [0.15, 0.2) is 0 Å². The van der Waals surface area contributed by atoms with Crippen LogP contribution >= 0.6 is 11.6 Å². The number of amides is 1. The summed E-state index contributed by atoms with van der Waals surface area (Å²) in [7, 11) is 0. The first-order valence-electron chi connectivity index (χ1n) is 6.42. The molecule has 0 radical (unpaired) electrons. The van der Waals surface area contributed by atoms with Crippen LogP contribution in [-0.4, -0.2) is 29.1 Å². The minimum absolute atomic E-state index is 0.0732. The Balaban J connectivity index is 1.84. The fourth-order valence-corrected chi connectivity index (χ4v) is 3.28.